The Morgan fingerprint density at radius 1 is 1.11 bits per heavy atom. The molecule has 0 rings (SSSR count). The number of rotatable bonds is 10. The van der Waals surface area contributed by atoms with E-state index in [1.165, 1.54) is 4.90 Å². The predicted molar refractivity (Wildman–Crippen MR) is 64.9 cm³/mol. The summed E-state index contributed by atoms with van der Waals surface area (Å²) in [5.41, 5.74) is 10.9. The van der Waals surface area contributed by atoms with E-state index in [0.29, 0.717) is 0 Å². The van der Waals surface area contributed by atoms with E-state index in [9.17, 15) is 9.59 Å². The number of nitrogens with zero attached hydrogens (tertiary/aromatic N) is 1. The molecule has 2 atom stereocenters. The molecule has 7 N–H and O–H groups in total. The standard InChI is InChI=1S/C10H19N3O6/c1-6(19-18)13(7(4-11)2-9(14)15)8(5-12)3-10(16)17/h7-8,18H,1-5,11-12H2,(H,14,15)(H,16,17). The highest BCUT2D eigenvalue weighted by atomic mass is 17.1. The molecule has 110 valence electrons. The van der Waals surface area contributed by atoms with Gasteiger partial charge in [-0.1, -0.05) is 0 Å². The lowest BCUT2D eigenvalue weighted by molar-refractivity contribution is -0.230. The molecule has 0 heterocycles. The van der Waals surface area contributed by atoms with Gasteiger partial charge >= 0.3 is 11.9 Å². The van der Waals surface area contributed by atoms with Crippen molar-refractivity contribution in [2.75, 3.05) is 13.1 Å². The third kappa shape index (κ3) is 5.55. The van der Waals surface area contributed by atoms with Crippen molar-refractivity contribution in [3.8, 4) is 0 Å². The van der Waals surface area contributed by atoms with Crippen LogP contribution in [-0.2, 0) is 14.5 Å². The Morgan fingerprint density at radius 2 is 1.47 bits per heavy atom. The highest BCUT2D eigenvalue weighted by Gasteiger charge is 2.30. The highest BCUT2D eigenvalue weighted by Crippen LogP contribution is 2.17. The van der Waals surface area contributed by atoms with E-state index in [-0.39, 0.29) is 31.8 Å². The molecular weight excluding hydrogens is 258 g/mol. The van der Waals surface area contributed by atoms with Crippen molar-refractivity contribution >= 4 is 11.9 Å². The first-order valence-corrected chi connectivity index (χ1v) is 5.49. The van der Waals surface area contributed by atoms with Crippen LogP contribution >= 0.6 is 0 Å². The molecule has 0 aliphatic heterocycles. The molecule has 2 unspecified atom stereocenters. The number of carboxylic acids is 2. The van der Waals surface area contributed by atoms with Gasteiger partial charge in [0.15, 0.2) is 0 Å². The second-order valence-electron chi connectivity index (χ2n) is 3.87. The molecule has 0 fully saturated rings. The van der Waals surface area contributed by atoms with E-state index in [4.69, 9.17) is 26.9 Å². The average Bonchev–Trinajstić information content (AvgIpc) is 2.34. The van der Waals surface area contributed by atoms with Gasteiger partial charge in [0.1, 0.15) is 0 Å². The normalized spacial score (nSPS) is 13.4. The van der Waals surface area contributed by atoms with Gasteiger partial charge in [-0.15, -0.1) is 0 Å². The third-order valence-corrected chi connectivity index (χ3v) is 2.54. The minimum Gasteiger partial charge on any atom is -0.481 e. The van der Waals surface area contributed by atoms with Crippen LogP contribution < -0.4 is 11.5 Å². The van der Waals surface area contributed by atoms with Gasteiger partial charge in [-0.25, -0.2) is 5.26 Å². The summed E-state index contributed by atoms with van der Waals surface area (Å²) in [6.45, 7) is 3.20. The van der Waals surface area contributed by atoms with E-state index < -0.39 is 24.0 Å². The molecule has 9 heteroatoms. The number of nitrogens with two attached hydrogens (primary N) is 2. The van der Waals surface area contributed by atoms with Crippen molar-refractivity contribution in [2.45, 2.75) is 24.9 Å². The third-order valence-electron chi connectivity index (χ3n) is 2.54. The van der Waals surface area contributed by atoms with Crippen molar-refractivity contribution in [1.82, 2.24) is 4.90 Å². The maximum absolute atomic E-state index is 10.8. The smallest absolute Gasteiger partial charge is 0.305 e. The first-order chi connectivity index (χ1) is 8.87. The zero-order valence-electron chi connectivity index (χ0n) is 10.4. The first kappa shape index (κ1) is 17.2. The fraction of sp³-hybridized carbons (Fsp3) is 0.600. The van der Waals surface area contributed by atoms with Crippen LogP contribution in [0.15, 0.2) is 12.5 Å². The van der Waals surface area contributed by atoms with Crippen molar-refractivity contribution < 1.29 is 29.9 Å². The fourth-order valence-electron chi connectivity index (χ4n) is 1.75. The van der Waals surface area contributed by atoms with Crippen LogP contribution in [0.2, 0.25) is 0 Å². The van der Waals surface area contributed by atoms with E-state index in [1.807, 2.05) is 0 Å². The summed E-state index contributed by atoms with van der Waals surface area (Å²) in [4.78, 5) is 26.7. The Labute approximate surface area is 110 Å². The second-order valence-corrected chi connectivity index (χ2v) is 3.87. The molecule has 0 aliphatic carbocycles. The largest absolute Gasteiger partial charge is 0.481 e. The summed E-state index contributed by atoms with van der Waals surface area (Å²) in [6.07, 6.45) is -0.732. The number of aliphatic carboxylic acids is 2. The molecule has 0 amide bonds. The summed E-state index contributed by atoms with van der Waals surface area (Å²) in [7, 11) is 0. The summed E-state index contributed by atoms with van der Waals surface area (Å²) < 4.78 is 0. The van der Waals surface area contributed by atoms with Crippen LogP contribution in [0.25, 0.3) is 0 Å². The molecule has 0 bridgehead atoms. The fourth-order valence-corrected chi connectivity index (χ4v) is 1.75. The molecule has 0 saturated heterocycles. The Kier molecular flexibility index (Phi) is 7.49. The lowest BCUT2D eigenvalue weighted by Crippen LogP contribution is -2.50. The highest BCUT2D eigenvalue weighted by molar-refractivity contribution is 5.68. The quantitative estimate of drug-likeness (QED) is 0.189. The molecule has 0 aliphatic rings. The van der Waals surface area contributed by atoms with Crippen LogP contribution in [0.5, 0.6) is 0 Å². The SMILES string of the molecule is C=C(OO)N(C(CN)CC(=O)O)C(CN)CC(=O)O. The van der Waals surface area contributed by atoms with Crippen LogP contribution in [0.1, 0.15) is 12.8 Å². The first-order valence-electron chi connectivity index (χ1n) is 5.49. The van der Waals surface area contributed by atoms with Gasteiger partial charge in [-0.05, 0) is 6.58 Å². The van der Waals surface area contributed by atoms with E-state index >= 15 is 0 Å². The van der Waals surface area contributed by atoms with Crippen molar-refractivity contribution in [3.63, 3.8) is 0 Å². The van der Waals surface area contributed by atoms with Gasteiger partial charge in [-0.2, -0.15) is 0 Å². The maximum atomic E-state index is 10.8. The number of hydrogen-bond donors (Lipinski definition) is 5. The Bertz CT molecular complexity index is 311. The monoisotopic (exact) mass is 277 g/mol. The molecule has 0 aromatic heterocycles. The van der Waals surface area contributed by atoms with Gasteiger partial charge in [0, 0.05) is 13.1 Å². The molecule has 0 saturated carbocycles. The minimum atomic E-state index is -1.13. The van der Waals surface area contributed by atoms with Crippen molar-refractivity contribution in [3.05, 3.63) is 12.5 Å². The number of carboxylic acid groups (broad SMARTS) is 2. The Balaban J connectivity index is 5.18. The summed E-state index contributed by atoms with van der Waals surface area (Å²) in [6, 6.07) is -1.57. The molecule has 0 radical (unpaired) electrons. The molecular formula is C10H19N3O6. The molecule has 0 spiro atoms. The van der Waals surface area contributed by atoms with Gasteiger partial charge in [-0.3, -0.25) is 9.59 Å². The summed E-state index contributed by atoms with van der Waals surface area (Å²) in [5.74, 6) is -2.55. The van der Waals surface area contributed by atoms with Crippen LogP contribution in [-0.4, -0.2) is 57.5 Å². The van der Waals surface area contributed by atoms with Crippen LogP contribution in [0.3, 0.4) is 0 Å². The topological polar surface area (TPSA) is 159 Å². The summed E-state index contributed by atoms with van der Waals surface area (Å²) in [5, 5.41) is 26.2. The molecule has 19 heavy (non-hydrogen) atoms. The number of carbonyl (C=O) groups is 2. The van der Waals surface area contributed by atoms with E-state index in [0.717, 1.165) is 0 Å². The Hall–Kier alpha value is -1.84. The van der Waals surface area contributed by atoms with Gasteiger partial charge < -0.3 is 31.5 Å². The lowest BCUT2D eigenvalue weighted by Gasteiger charge is -2.36. The zero-order valence-corrected chi connectivity index (χ0v) is 10.4. The zero-order chi connectivity index (χ0) is 15.0. The van der Waals surface area contributed by atoms with Gasteiger partial charge in [0.2, 0.25) is 5.88 Å². The van der Waals surface area contributed by atoms with Crippen LogP contribution in [0.4, 0.5) is 0 Å². The van der Waals surface area contributed by atoms with Crippen LogP contribution in [0, 0.1) is 0 Å². The average molecular weight is 277 g/mol. The molecule has 0 aromatic rings. The Morgan fingerprint density at radius 3 is 1.68 bits per heavy atom. The number of hydrogen-bond acceptors (Lipinski definition) is 7. The minimum absolute atomic E-state index is 0.0925. The summed E-state index contributed by atoms with van der Waals surface area (Å²) >= 11 is 0. The van der Waals surface area contributed by atoms with Crippen molar-refractivity contribution in [2.24, 2.45) is 11.5 Å². The van der Waals surface area contributed by atoms with Crippen molar-refractivity contribution in [1.29, 1.82) is 0 Å². The second kappa shape index (κ2) is 8.29. The van der Waals surface area contributed by atoms with E-state index in [2.05, 4.69) is 11.5 Å². The molecule has 0 aromatic carbocycles. The maximum Gasteiger partial charge on any atom is 0.305 e. The predicted octanol–water partition coefficient (Wildman–Crippen LogP) is -1.15. The van der Waals surface area contributed by atoms with Gasteiger partial charge in [0.05, 0.1) is 24.9 Å². The van der Waals surface area contributed by atoms with Gasteiger partial charge in [0.25, 0.3) is 0 Å². The van der Waals surface area contributed by atoms with E-state index in [1.54, 1.807) is 0 Å². The molecule has 9 nitrogen and oxygen atoms in total. The lowest BCUT2D eigenvalue weighted by atomic mass is 10.1.